The van der Waals surface area contributed by atoms with Gasteiger partial charge in [0.1, 0.15) is 9.84 Å². The van der Waals surface area contributed by atoms with E-state index in [0.717, 1.165) is 19.4 Å². The number of rotatable bonds is 5. The highest BCUT2D eigenvalue weighted by Crippen LogP contribution is 2.37. The molecule has 0 saturated heterocycles. The van der Waals surface area contributed by atoms with E-state index in [4.69, 9.17) is 0 Å². The van der Waals surface area contributed by atoms with Gasteiger partial charge in [0.25, 0.3) is 0 Å². The van der Waals surface area contributed by atoms with Gasteiger partial charge in [0, 0.05) is 12.3 Å². The minimum Gasteiger partial charge on any atom is -0.310 e. The third kappa shape index (κ3) is 3.12. The van der Waals surface area contributed by atoms with E-state index in [9.17, 15) is 8.42 Å². The Morgan fingerprint density at radius 2 is 2.06 bits per heavy atom. The Labute approximate surface area is 110 Å². The molecule has 0 heterocycles. The normalized spacial score (nSPS) is 23.0. The van der Waals surface area contributed by atoms with E-state index in [1.165, 1.54) is 17.4 Å². The van der Waals surface area contributed by atoms with Crippen LogP contribution in [-0.2, 0) is 16.3 Å². The van der Waals surface area contributed by atoms with Gasteiger partial charge in [0.15, 0.2) is 0 Å². The first kappa shape index (κ1) is 13.6. The second-order valence-corrected chi connectivity index (χ2v) is 7.38. The van der Waals surface area contributed by atoms with Gasteiger partial charge in [-0.2, -0.15) is 0 Å². The number of hydrogen-bond acceptors (Lipinski definition) is 3. The largest absolute Gasteiger partial charge is 0.310 e. The van der Waals surface area contributed by atoms with Gasteiger partial charge in [-0.3, -0.25) is 0 Å². The molecule has 1 aliphatic rings. The molecule has 1 aromatic carbocycles. The number of fused-ring (bicyclic) bond motifs is 1. The maximum Gasteiger partial charge on any atom is 0.147 e. The Morgan fingerprint density at radius 3 is 2.72 bits per heavy atom. The highest BCUT2D eigenvalue weighted by Gasteiger charge is 2.31. The number of benzene rings is 1. The van der Waals surface area contributed by atoms with Crippen molar-refractivity contribution in [2.24, 2.45) is 5.92 Å². The fourth-order valence-corrected chi connectivity index (χ4v) is 3.54. The highest BCUT2D eigenvalue weighted by atomic mass is 32.2. The third-order valence-corrected chi connectivity index (χ3v) is 4.60. The van der Waals surface area contributed by atoms with Crippen LogP contribution in [-0.4, -0.2) is 27.0 Å². The second-order valence-electron chi connectivity index (χ2n) is 5.12. The molecule has 1 N–H and O–H groups in total. The molecule has 0 amide bonds. The summed E-state index contributed by atoms with van der Waals surface area (Å²) in [6.45, 7) is 3.00. The maximum atomic E-state index is 11.3. The Hall–Kier alpha value is -0.870. The first-order valence-corrected chi connectivity index (χ1v) is 8.56. The lowest BCUT2D eigenvalue weighted by Crippen LogP contribution is -2.26. The molecular weight excluding hydrogens is 246 g/mol. The molecule has 0 fully saturated rings. The van der Waals surface area contributed by atoms with Gasteiger partial charge in [0.05, 0.1) is 5.75 Å². The Bertz CT molecular complexity index is 510. The molecule has 0 spiro atoms. The quantitative estimate of drug-likeness (QED) is 0.887. The Kier molecular flexibility index (Phi) is 4.07. The molecule has 0 radical (unpaired) electrons. The molecule has 2 rings (SSSR count). The lowest BCUT2D eigenvalue weighted by molar-refractivity contribution is 0.386. The van der Waals surface area contributed by atoms with E-state index in [1.807, 2.05) is 0 Å². The van der Waals surface area contributed by atoms with Crippen molar-refractivity contribution in [2.75, 3.05) is 18.6 Å². The molecule has 0 aliphatic heterocycles. The maximum absolute atomic E-state index is 11.3. The molecule has 0 saturated carbocycles. The average Bonchev–Trinajstić information content (AvgIpc) is 2.65. The van der Waals surface area contributed by atoms with Gasteiger partial charge < -0.3 is 5.32 Å². The summed E-state index contributed by atoms with van der Waals surface area (Å²) in [4.78, 5) is 0. The van der Waals surface area contributed by atoms with E-state index in [1.54, 1.807) is 0 Å². The van der Waals surface area contributed by atoms with Crippen LogP contribution < -0.4 is 5.32 Å². The van der Waals surface area contributed by atoms with Crippen molar-refractivity contribution in [1.29, 1.82) is 0 Å². The van der Waals surface area contributed by atoms with Crippen LogP contribution in [0.2, 0.25) is 0 Å². The van der Waals surface area contributed by atoms with Gasteiger partial charge in [-0.05, 0) is 36.4 Å². The smallest absolute Gasteiger partial charge is 0.147 e. The molecule has 1 aromatic rings. The minimum absolute atomic E-state index is 0.285. The van der Waals surface area contributed by atoms with Gasteiger partial charge >= 0.3 is 0 Å². The van der Waals surface area contributed by atoms with Crippen molar-refractivity contribution in [1.82, 2.24) is 5.32 Å². The SMILES string of the molecule is CCNC1c2ccccc2CC1CCS(C)(=O)=O. The summed E-state index contributed by atoms with van der Waals surface area (Å²) in [6.07, 6.45) is 3.05. The lowest BCUT2D eigenvalue weighted by atomic mass is 9.98. The summed E-state index contributed by atoms with van der Waals surface area (Å²) in [5.74, 6) is 0.685. The van der Waals surface area contributed by atoms with Crippen molar-refractivity contribution < 1.29 is 8.42 Å². The summed E-state index contributed by atoms with van der Waals surface area (Å²) in [5.41, 5.74) is 2.71. The Morgan fingerprint density at radius 1 is 1.33 bits per heavy atom. The number of hydrogen-bond donors (Lipinski definition) is 1. The molecule has 18 heavy (non-hydrogen) atoms. The minimum atomic E-state index is -2.87. The zero-order valence-corrected chi connectivity index (χ0v) is 11.8. The van der Waals surface area contributed by atoms with Crippen LogP contribution in [0, 0.1) is 5.92 Å². The van der Waals surface area contributed by atoms with Crippen LogP contribution in [0.15, 0.2) is 24.3 Å². The average molecular weight is 267 g/mol. The van der Waals surface area contributed by atoms with Crippen LogP contribution >= 0.6 is 0 Å². The van der Waals surface area contributed by atoms with Gasteiger partial charge in [0.2, 0.25) is 0 Å². The van der Waals surface area contributed by atoms with Gasteiger partial charge in [-0.1, -0.05) is 31.2 Å². The predicted molar refractivity (Wildman–Crippen MR) is 74.4 cm³/mol. The first-order valence-electron chi connectivity index (χ1n) is 6.50. The van der Waals surface area contributed by atoms with Crippen LogP contribution in [0.1, 0.15) is 30.5 Å². The Balaban J connectivity index is 2.13. The van der Waals surface area contributed by atoms with Gasteiger partial charge in [-0.25, -0.2) is 8.42 Å². The zero-order chi connectivity index (χ0) is 13.2. The van der Waals surface area contributed by atoms with Crippen molar-refractivity contribution in [3.63, 3.8) is 0 Å². The first-order chi connectivity index (χ1) is 8.51. The van der Waals surface area contributed by atoms with E-state index in [0.29, 0.717) is 12.0 Å². The van der Waals surface area contributed by atoms with E-state index in [2.05, 4.69) is 36.5 Å². The van der Waals surface area contributed by atoms with Gasteiger partial charge in [-0.15, -0.1) is 0 Å². The van der Waals surface area contributed by atoms with Crippen molar-refractivity contribution in [3.05, 3.63) is 35.4 Å². The molecule has 0 bridgehead atoms. The molecule has 4 heteroatoms. The zero-order valence-electron chi connectivity index (χ0n) is 11.0. The monoisotopic (exact) mass is 267 g/mol. The topological polar surface area (TPSA) is 46.2 Å². The molecule has 2 unspecified atom stereocenters. The standard InChI is InChI=1S/C14H21NO2S/c1-3-15-14-12(8-9-18(2,16)17)10-11-6-4-5-7-13(11)14/h4-7,12,14-15H,3,8-10H2,1-2H3. The van der Waals surface area contributed by atoms with Crippen LogP contribution in [0.4, 0.5) is 0 Å². The van der Waals surface area contributed by atoms with Crippen LogP contribution in [0.5, 0.6) is 0 Å². The molecule has 2 atom stereocenters. The lowest BCUT2D eigenvalue weighted by Gasteiger charge is -2.21. The number of sulfone groups is 1. The molecule has 0 aromatic heterocycles. The molecule has 1 aliphatic carbocycles. The molecular formula is C14H21NO2S. The van der Waals surface area contributed by atoms with Crippen LogP contribution in [0.3, 0.4) is 0 Å². The molecule has 100 valence electrons. The second kappa shape index (κ2) is 5.41. The van der Waals surface area contributed by atoms with Crippen molar-refractivity contribution in [3.8, 4) is 0 Å². The summed E-state index contributed by atoms with van der Waals surface area (Å²) in [6, 6.07) is 8.74. The fraction of sp³-hybridized carbons (Fsp3) is 0.571. The van der Waals surface area contributed by atoms with E-state index in [-0.39, 0.29) is 5.75 Å². The van der Waals surface area contributed by atoms with Crippen LogP contribution in [0.25, 0.3) is 0 Å². The summed E-state index contributed by atoms with van der Waals surface area (Å²) < 4.78 is 22.6. The summed E-state index contributed by atoms with van der Waals surface area (Å²) in [5, 5.41) is 3.49. The van der Waals surface area contributed by atoms with E-state index < -0.39 is 9.84 Å². The number of nitrogens with one attached hydrogen (secondary N) is 1. The summed E-state index contributed by atoms with van der Waals surface area (Å²) in [7, 11) is -2.87. The third-order valence-electron chi connectivity index (χ3n) is 3.63. The van der Waals surface area contributed by atoms with Crippen molar-refractivity contribution >= 4 is 9.84 Å². The molecule has 3 nitrogen and oxygen atoms in total. The highest BCUT2D eigenvalue weighted by molar-refractivity contribution is 7.90. The summed E-state index contributed by atoms with van der Waals surface area (Å²) >= 11 is 0. The van der Waals surface area contributed by atoms with E-state index >= 15 is 0 Å². The van der Waals surface area contributed by atoms with Crippen molar-refractivity contribution in [2.45, 2.75) is 25.8 Å². The fourth-order valence-electron chi connectivity index (χ4n) is 2.81. The predicted octanol–water partition coefficient (Wildman–Crippen LogP) is 1.94.